The van der Waals surface area contributed by atoms with Crippen LogP contribution in [0.15, 0.2) is 36.5 Å². The molecule has 0 aliphatic carbocycles. The lowest BCUT2D eigenvalue weighted by molar-refractivity contribution is 0.0963. The van der Waals surface area contributed by atoms with E-state index in [0.29, 0.717) is 24.4 Å². The molecule has 2 heterocycles. The van der Waals surface area contributed by atoms with Gasteiger partial charge >= 0.3 is 12.2 Å². The quantitative estimate of drug-likeness (QED) is 0.731. The van der Waals surface area contributed by atoms with Gasteiger partial charge in [0.25, 0.3) is 0 Å². The fraction of sp³-hybridized carbons (Fsp3) is 0.350. The molecule has 1 aliphatic rings. The van der Waals surface area contributed by atoms with Crippen LogP contribution in [0.25, 0.3) is 11.1 Å². The zero-order valence-corrected chi connectivity index (χ0v) is 16.2. The third-order valence-electron chi connectivity index (χ3n) is 4.74. The first-order valence-electron chi connectivity index (χ1n) is 9.09. The Morgan fingerprint density at radius 1 is 1.34 bits per heavy atom. The summed E-state index contributed by atoms with van der Waals surface area (Å²) in [6.45, 7) is 0.389. The van der Waals surface area contributed by atoms with Crippen molar-refractivity contribution in [3.8, 4) is 16.9 Å². The summed E-state index contributed by atoms with van der Waals surface area (Å²) in [6.07, 6.45) is 0.197. The van der Waals surface area contributed by atoms with Gasteiger partial charge < -0.3 is 24.6 Å². The van der Waals surface area contributed by atoms with Crippen LogP contribution in [0.5, 0.6) is 5.75 Å². The van der Waals surface area contributed by atoms with Crippen molar-refractivity contribution in [3.63, 3.8) is 0 Å². The number of cyclic esters (lactones) is 1. The van der Waals surface area contributed by atoms with Gasteiger partial charge in [-0.3, -0.25) is 9.88 Å². The van der Waals surface area contributed by atoms with Crippen LogP contribution < -0.4 is 9.64 Å². The second-order valence-electron chi connectivity index (χ2n) is 6.68. The number of hydrogen-bond donors (Lipinski definition) is 2. The first-order valence-corrected chi connectivity index (χ1v) is 9.09. The van der Waals surface area contributed by atoms with E-state index in [9.17, 15) is 14.7 Å². The highest BCUT2D eigenvalue weighted by Gasteiger charge is 2.33. The molecule has 1 aromatic heterocycles. The molecule has 3 rings (SSSR count). The second kappa shape index (κ2) is 8.78. The number of rotatable bonds is 7. The fourth-order valence-electron chi connectivity index (χ4n) is 3.01. The van der Waals surface area contributed by atoms with Crippen molar-refractivity contribution in [2.75, 3.05) is 38.8 Å². The highest BCUT2D eigenvalue weighted by atomic mass is 16.6. The number of carbonyl (C=O) groups excluding carboxylic acids is 1. The van der Waals surface area contributed by atoms with Crippen molar-refractivity contribution in [1.29, 1.82) is 0 Å². The van der Waals surface area contributed by atoms with Crippen LogP contribution in [-0.4, -0.2) is 72.2 Å². The number of hydrogen-bond acceptors (Lipinski definition) is 6. The molecule has 1 aliphatic heterocycles. The number of amides is 2. The molecule has 0 saturated carbocycles. The standard InChI is InChI=1S/C20H23N3O6/c1-22(19(25)26)8-7-15-5-3-14(10-21-15)13-4-6-17(18(9-13)28-2)23-11-16(12-24)29-20(23)27/h3-6,9-10,16,24H,7-8,11-12H2,1-2H3,(H,25,26)/t16-/m1/s1. The van der Waals surface area contributed by atoms with E-state index in [1.807, 2.05) is 24.3 Å². The predicted molar refractivity (Wildman–Crippen MR) is 105 cm³/mol. The number of likely N-dealkylation sites (N-methyl/N-ethyl adjacent to an activating group) is 1. The molecule has 1 saturated heterocycles. The van der Waals surface area contributed by atoms with Gasteiger partial charge in [-0.05, 0) is 23.8 Å². The molecule has 0 unspecified atom stereocenters. The zero-order chi connectivity index (χ0) is 21.0. The maximum atomic E-state index is 12.0. The molecular formula is C20H23N3O6. The molecule has 1 aromatic carbocycles. The van der Waals surface area contributed by atoms with Crippen LogP contribution in [0.2, 0.25) is 0 Å². The number of pyridine rings is 1. The number of nitrogens with zero attached hydrogens (tertiary/aromatic N) is 3. The average molecular weight is 401 g/mol. The van der Waals surface area contributed by atoms with Crippen molar-refractivity contribution >= 4 is 17.9 Å². The Morgan fingerprint density at radius 3 is 2.69 bits per heavy atom. The van der Waals surface area contributed by atoms with Crippen LogP contribution in [0.4, 0.5) is 15.3 Å². The Bertz CT molecular complexity index is 886. The Hall–Kier alpha value is -3.33. The first kappa shape index (κ1) is 20.4. The molecule has 154 valence electrons. The fourth-order valence-corrected chi connectivity index (χ4v) is 3.01. The lowest BCUT2D eigenvalue weighted by atomic mass is 10.1. The Morgan fingerprint density at radius 2 is 2.10 bits per heavy atom. The molecule has 1 fully saturated rings. The van der Waals surface area contributed by atoms with Crippen LogP contribution in [0, 0.1) is 0 Å². The van der Waals surface area contributed by atoms with Crippen LogP contribution >= 0.6 is 0 Å². The third-order valence-corrected chi connectivity index (χ3v) is 4.74. The van der Waals surface area contributed by atoms with Crippen LogP contribution in [0.3, 0.4) is 0 Å². The van der Waals surface area contributed by atoms with Crippen molar-refractivity contribution in [3.05, 3.63) is 42.2 Å². The second-order valence-corrected chi connectivity index (χ2v) is 6.68. The van der Waals surface area contributed by atoms with E-state index in [2.05, 4.69) is 4.98 Å². The molecular weight excluding hydrogens is 378 g/mol. The van der Waals surface area contributed by atoms with E-state index < -0.39 is 18.3 Å². The molecule has 9 heteroatoms. The minimum absolute atomic E-state index is 0.233. The highest BCUT2D eigenvalue weighted by Crippen LogP contribution is 2.35. The predicted octanol–water partition coefficient (Wildman–Crippen LogP) is 2.23. The molecule has 2 N–H and O–H groups in total. The van der Waals surface area contributed by atoms with Gasteiger partial charge in [0.05, 0.1) is 25.9 Å². The molecule has 2 aromatic rings. The lowest BCUT2D eigenvalue weighted by Crippen LogP contribution is -2.27. The van der Waals surface area contributed by atoms with Gasteiger partial charge in [0.15, 0.2) is 0 Å². The van der Waals surface area contributed by atoms with Crippen molar-refractivity contribution in [2.45, 2.75) is 12.5 Å². The number of methoxy groups -OCH3 is 1. The normalized spacial score (nSPS) is 15.9. The smallest absolute Gasteiger partial charge is 0.414 e. The van der Waals surface area contributed by atoms with Crippen LogP contribution in [0.1, 0.15) is 5.69 Å². The topological polar surface area (TPSA) is 112 Å². The number of benzene rings is 1. The van der Waals surface area contributed by atoms with E-state index in [-0.39, 0.29) is 13.2 Å². The molecule has 1 atom stereocenters. The van der Waals surface area contributed by atoms with Gasteiger partial charge in [-0.1, -0.05) is 12.1 Å². The Balaban J connectivity index is 1.76. The van der Waals surface area contributed by atoms with Gasteiger partial charge in [-0.2, -0.15) is 0 Å². The Labute approximate surface area is 168 Å². The summed E-state index contributed by atoms with van der Waals surface area (Å²) >= 11 is 0. The lowest BCUT2D eigenvalue weighted by Gasteiger charge is -2.17. The number of carboxylic acid groups (broad SMARTS) is 1. The number of carbonyl (C=O) groups is 2. The van der Waals surface area contributed by atoms with E-state index in [4.69, 9.17) is 14.6 Å². The minimum atomic E-state index is -0.971. The monoisotopic (exact) mass is 401 g/mol. The maximum Gasteiger partial charge on any atom is 0.414 e. The van der Waals surface area contributed by atoms with E-state index >= 15 is 0 Å². The van der Waals surface area contributed by atoms with Crippen LogP contribution in [-0.2, 0) is 11.2 Å². The third kappa shape index (κ3) is 4.57. The molecule has 9 nitrogen and oxygen atoms in total. The van der Waals surface area contributed by atoms with Crippen molar-refractivity contribution < 1.29 is 29.3 Å². The number of aliphatic hydroxyl groups excluding tert-OH is 1. The zero-order valence-electron chi connectivity index (χ0n) is 16.2. The van der Waals surface area contributed by atoms with Crippen molar-refractivity contribution in [1.82, 2.24) is 9.88 Å². The maximum absolute atomic E-state index is 12.0. The SMILES string of the molecule is COc1cc(-c2ccc(CCN(C)C(=O)O)nc2)ccc1N1C[C@H](CO)OC1=O. The molecule has 29 heavy (non-hydrogen) atoms. The first-order chi connectivity index (χ1) is 13.9. The summed E-state index contributed by atoms with van der Waals surface area (Å²) in [6, 6.07) is 9.19. The number of aliphatic hydroxyl groups is 1. The van der Waals surface area contributed by atoms with Crippen molar-refractivity contribution in [2.24, 2.45) is 0 Å². The van der Waals surface area contributed by atoms with Gasteiger partial charge in [0, 0.05) is 37.5 Å². The Kier molecular flexibility index (Phi) is 6.18. The summed E-state index contributed by atoms with van der Waals surface area (Å²) in [4.78, 5) is 29.9. The largest absolute Gasteiger partial charge is 0.495 e. The molecule has 0 spiro atoms. The number of anilines is 1. The summed E-state index contributed by atoms with van der Waals surface area (Å²) in [7, 11) is 3.04. The molecule has 2 amide bonds. The van der Waals surface area contributed by atoms with E-state index in [1.54, 1.807) is 12.3 Å². The molecule has 0 radical (unpaired) electrons. The minimum Gasteiger partial charge on any atom is -0.495 e. The number of ether oxygens (including phenoxy) is 2. The van der Waals surface area contributed by atoms with Gasteiger partial charge in [-0.25, -0.2) is 9.59 Å². The van der Waals surface area contributed by atoms with E-state index in [1.165, 1.54) is 24.0 Å². The van der Waals surface area contributed by atoms with Gasteiger partial charge in [-0.15, -0.1) is 0 Å². The summed E-state index contributed by atoms with van der Waals surface area (Å²) in [5.74, 6) is 0.505. The summed E-state index contributed by atoms with van der Waals surface area (Å²) in [5, 5.41) is 18.1. The van der Waals surface area contributed by atoms with Gasteiger partial charge in [0.1, 0.15) is 11.9 Å². The number of aromatic nitrogens is 1. The summed E-state index contributed by atoms with van der Waals surface area (Å²) < 4.78 is 10.5. The van der Waals surface area contributed by atoms with E-state index in [0.717, 1.165) is 16.8 Å². The average Bonchev–Trinajstić information content (AvgIpc) is 3.12. The van der Waals surface area contributed by atoms with Gasteiger partial charge in [0.2, 0.25) is 0 Å². The highest BCUT2D eigenvalue weighted by molar-refractivity contribution is 5.92. The molecule has 0 bridgehead atoms. The summed E-state index contributed by atoms with van der Waals surface area (Å²) in [5.41, 5.74) is 3.08.